The van der Waals surface area contributed by atoms with Crippen LogP contribution in [0.5, 0.6) is 0 Å². The average molecular weight is 306 g/mol. The van der Waals surface area contributed by atoms with Crippen LogP contribution >= 0.6 is 0 Å². The Labute approximate surface area is 122 Å². The monoisotopic (exact) mass is 306 g/mol. The van der Waals surface area contributed by atoms with Gasteiger partial charge in [0.1, 0.15) is 5.82 Å². The van der Waals surface area contributed by atoms with E-state index >= 15 is 0 Å². The van der Waals surface area contributed by atoms with E-state index in [0.29, 0.717) is 12.0 Å². The lowest BCUT2D eigenvalue weighted by molar-refractivity contribution is -0.140. The molecule has 0 bridgehead atoms. The van der Waals surface area contributed by atoms with Crippen molar-refractivity contribution in [2.75, 3.05) is 0 Å². The number of hydrogen-bond donors (Lipinski definition) is 2. The third-order valence-electron chi connectivity index (χ3n) is 3.50. The van der Waals surface area contributed by atoms with Gasteiger partial charge >= 0.3 is 6.18 Å². The SMILES string of the molecule is CCCCCCCC(NN)c1ccc(F)c(C(F)(F)F)c1. The molecule has 0 saturated carbocycles. The van der Waals surface area contributed by atoms with Crippen molar-refractivity contribution in [3.63, 3.8) is 0 Å². The smallest absolute Gasteiger partial charge is 0.271 e. The van der Waals surface area contributed by atoms with E-state index < -0.39 is 23.6 Å². The Balaban J connectivity index is 2.72. The molecule has 0 heterocycles. The molecule has 1 atom stereocenters. The summed E-state index contributed by atoms with van der Waals surface area (Å²) in [4.78, 5) is 0. The van der Waals surface area contributed by atoms with Crippen LogP contribution in [0.2, 0.25) is 0 Å². The molecule has 0 aliphatic rings. The number of halogens is 4. The van der Waals surface area contributed by atoms with Gasteiger partial charge in [0.15, 0.2) is 0 Å². The minimum Gasteiger partial charge on any atom is -0.271 e. The number of rotatable bonds is 8. The summed E-state index contributed by atoms with van der Waals surface area (Å²) in [5.41, 5.74) is 1.64. The highest BCUT2D eigenvalue weighted by atomic mass is 19.4. The first-order valence-corrected chi connectivity index (χ1v) is 7.23. The number of hydrazine groups is 1. The molecule has 0 aliphatic carbocycles. The molecule has 6 heteroatoms. The highest BCUT2D eigenvalue weighted by Gasteiger charge is 2.34. The van der Waals surface area contributed by atoms with Crippen molar-refractivity contribution < 1.29 is 17.6 Å². The van der Waals surface area contributed by atoms with E-state index in [4.69, 9.17) is 5.84 Å². The Hall–Kier alpha value is -1.14. The lowest BCUT2D eigenvalue weighted by Gasteiger charge is -2.18. The van der Waals surface area contributed by atoms with Crippen LogP contribution in [0, 0.1) is 5.82 Å². The van der Waals surface area contributed by atoms with Gasteiger partial charge in [-0.3, -0.25) is 11.3 Å². The maximum absolute atomic E-state index is 13.3. The van der Waals surface area contributed by atoms with Crippen molar-refractivity contribution >= 4 is 0 Å². The van der Waals surface area contributed by atoms with Gasteiger partial charge in [0.25, 0.3) is 0 Å². The van der Waals surface area contributed by atoms with E-state index in [1.807, 2.05) is 0 Å². The largest absolute Gasteiger partial charge is 0.419 e. The standard InChI is InChI=1S/C15H22F4N2/c1-2-3-4-5-6-7-14(21-20)11-8-9-13(16)12(10-11)15(17,18)19/h8-10,14,21H,2-7,20H2,1H3. The molecule has 0 aliphatic heterocycles. The molecule has 0 radical (unpaired) electrons. The normalized spacial score (nSPS) is 13.4. The molecule has 2 nitrogen and oxygen atoms in total. The fourth-order valence-corrected chi connectivity index (χ4v) is 2.28. The first-order valence-electron chi connectivity index (χ1n) is 7.23. The van der Waals surface area contributed by atoms with Crippen LogP contribution in [-0.4, -0.2) is 0 Å². The van der Waals surface area contributed by atoms with Crippen molar-refractivity contribution in [1.29, 1.82) is 0 Å². The molecular weight excluding hydrogens is 284 g/mol. The number of unbranched alkanes of at least 4 members (excludes halogenated alkanes) is 4. The Morgan fingerprint density at radius 3 is 2.38 bits per heavy atom. The zero-order valence-electron chi connectivity index (χ0n) is 12.1. The van der Waals surface area contributed by atoms with Crippen molar-refractivity contribution in [2.24, 2.45) is 5.84 Å². The summed E-state index contributed by atoms with van der Waals surface area (Å²) in [6, 6.07) is 2.64. The number of nitrogens with two attached hydrogens (primary N) is 1. The second-order valence-corrected chi connectivity index (χ2v) is 5.16. The van der Waals surface area contributed by atoms with Gasteiger partial charge in [-0.2, -0.15) is 13.2 Å². The van der Waals surface area contributed by atoms with Gasteiger partial charge in [-0.05, 0) is 24.1 Å². The summed E-state index contributed by atoms with van der Waals surface area (Å²) in [5.74, 6) is 4.16. The van der Waals surface area contributed by atoms with E-state index in [1.54, 1.807) is 0 Å². The Morgan fingerprint density at radius 2 is 1.81 bits per heavy atom. The third kappa shape index (κ3) is 5.63. The van der Waals surface area contributed by atoms with Gasteiger partial charge in [-0.15, -0.1) is 0 Å². The molecule has 1 aromatic rings. The quantitative estimate of drug-likeness (QED) is 0.316. The summed E-state index contributed by atoms with van der Waals surface area (Å²) < 4.78 is 51.3. The van der Waals surface area contributed by atoms with Crippen LogP contribution in [-0.2, 0) is 6.18 Å². The van der Waals surface area contributed by atoms with E-state index in [2.05, 4.69) is 12.3 Å². The topological polar surface area (TPSA) is 38.0 Å². The summed E-state index contributed by atoms with van der Waals surface area (Å²) in [7, 11) is 0. The fraction of sp³-hybridized carbons (Fsp3) is 0.600. The van der Waals surface area contributed by atoms with Crippen LogP contribution < -0.4 is 11.3 Å². The number of hydrogen-bond acceptors (Lipinski definition) is 2. The summed E-state index contributed by atoms with van der Waals surface area (Å²) in [6.45, 7) is 2.11. The number of nitrogens with one attached hydrogen (secondary N) is 1. The van der Waals surface area contributed by atoms with Crippen molar-refractivity contribution in [1.82, 2.24) is 5.43 Å². The van der Waals surface area contributed by atoms with Crippen molar-refractivity contribution in [2.45, 2.75) is 57.7 Å². The first-order chi connectivity index (χ1) is 9.90. The maximum Gasteiger partial charge on any atom is 0.419 e. The van der Waals surface area contributed by atoms with Crippen LogP contribution in [0.1, 0.15) is 62.6 Å². The van der Waals surface area contributed by atoms with Crippen LogP contribution in [0.4, 0.5) is 17.6 Å². The second-order valence-electron chi connectivity index (χ2n) is 5.16. The molecule has 1 aromatic carbocycles. The molecule has 3 N–H and O–H groups in total. The molecular formula is C15H22F4N2. The van der Waals surface area contributed by atoms with Gasteiger partial charge in [0.05, 0.1) is 5.56 Å². The van der Waals surface area contributed by atoms with Gasteiger partial charge in [-0.1, -0.05) is 45.1 Å². The minimum atomic E-state index is -4.69. The molecule has 120 valence electrons. The predicted octanol–water partition coefficient (Wildman–Crippen LogP) is 4.71. The van der Waals surface area contributed by atoms with Gasteiger partial charge in [0, 0.05) is 6.04 Å². The van der Waals surface area contributed by atoms with E-state index in [0.717, 1.165) is 44.2 Å². The summed E-state index contributed by atoms with van der Waals surface area (Å²) >= 11 is 0. The third-order valence-corrected chi connectivity index (χ3v) is 3.50. The van der Waals surface area contributed by atoms with Crippen molar-refractivity contribution in [3.05, 3.63) is 35.1 Å². The molecule has 1 rings (SSSR count). The molecule has 0 aromatic heterocycles. The zero-order chi connectivity index (χ0) is 15.9. The molecule has 1 unspecified atom stereocenters. The average Bonchev–Trinajstić information content (AvgIpc) is 2.42. The Bertz CT molecular complexity index is 432. The van der Waals surface area contributed by atoms with E-state index in [1.165, 1.54) is 6.07 Å². The maximum atomic E-state index is 13.3. The van der Waals surface area contributed by atoms with E-state index in [-0.39, 0.29) is 0 Å². The molecule has 21 heavy (non-hydrogen) atoms. The summed E-state index contributed by atoms with van der Waals surface area (Å²) in [6.07, 6.45) is 1.20. The predicted molar refractivity (Wildman–Crippen MR) is 74.8 cm³/mol. The van der Waals surface area contributed by atoms with E-state index in [9.17, 15) is 17.6 Å². The zero-order valence-corrected chi connectivity index (χ0v) is 12.1. The van der Waals surface area contributed by atoms with Crippen LogP contribution in [0.3, 0.4) is 0 Å². The van der Waals surface area contributed by atoms with Gasteiger partial charge < -0.3 is 0 Å². The molecule has 0 spiro atoms. The van der Waals surface area contributed by atoms with Crippen molar-refractivity contribution in [3.8, 4) is 0 Å². The fourth-order valence-electron chi connectivity index (χ4n) is 2.28. The van der Waals surface area contributed by atoms with Gasteiger partial charge in [-0.25, -0.2) is 4.39 Å². The molecule has 0 fully saturated rings. The highest BCUT2D eigenvalue weighted by molar-refractivity contribution is 5.29. The second kappa shape index (κ2) is 8.34. The first kappa shape index (κ1) is 17.9. The van der Waals surface area contributed by atoms with Crippen LogP contribution in [0.25, 0.3) is 0 Å². The minimum absolute atomic E-state index is 0.363. The lowest BCUT2D eigenvalue weighted by atomic mass is 9.98. The molecule has 0 saturated heterocycles. The lowest BCUT2D eigenvalue weighted by Crippen LogP contribution is -2.28. The Kier molecular flexibility index (Phi) is 7.11. The molecule has 0 amide bonds. The highest BCUT2D eigenvalue weighted by Crippen LogP contribution is 2.33. The number of benzene rings is 1. The number of alkyl halides is 3. The Morgan fingerprint density at radius 1 is 1.14 bits per heavy atom. The van der Waals surface area contributed by atoms with Crippen LogP contribution in [0.15, 0.2) is 18.2 Å². The summed E-state index contributed by atoms with van der Waals surface area (Å²) in [5, 5.41) is 0. The van der Waals surface area contributed by atoms with Gasteiger partial charge in [0.2, 0.25) is 0 Å².